The average molecular weight is 382 g/mol. The van der Waals surface area contributed by atoms with E-state index in [0.29, 0.717) is 22.6 Å². The van der Waals surface area contributed by atoms with Gasteiger partial charge >= 0.3 is 5.91 Å². The van der Waals surface area contributed by atoms with Gasteiger partial charge in [0.15, 0.2) is 17.3 Å². The van der Waals surface area contributed by atoms with E-state index in [-0.39, 0.29) is 5.76 Å². The molecule has 0 atom stereocenters. The van der Waals surface area contributed by atoms with Crippen molar-refractivity contribution in [2.75, 3.05) is 14.2 Å². The molecule has 3 rings (SSSR count). The first-order valence-corrected chi connectivity index (χ1v) is 8.69. The lowest BCUT2D eigenvalue weighted by Gasteiger charge is -2.10. The van der Waals surface area contributed by atoms with Crippen molar-refractivity contribution in [1.82, 2.24) is 10.9 Å². The fourth-order valence-corrected chi connectivity index (χ4v) is 3.11. The van der Waals surface area contributed by atoms with Crippen LogP contribution in [0.4, 0.5) is 0 Å². The maximum Gasteiger partial charge on any atom is 0.305 e. The van der Waals surface area contributed by atoms with Crippen LogP contribution >= 0.6 is 0 Å². The Balaban J connectivity index is 1.78. The van der Waals surface area contributed by atoms with Crippen LogP contribution < -0.4 is 20.3 Å². The van der Waals surface area contributed by atoms with Gasteiger partial charge in [-0.2, -0.15) is 0 Å². The first-order chi connectivity index (χ1) is 13.4. The van der Waals surface area contributed by atoms with Crippen molar-refractivity contribution in [2.45, 2.75) is 20.8 Å². The Hall–Kier alpha value is -3.48. The largest absolute Gasteiger partial charge is 0.493 e. The number of fused-ring (bicyclic) bond motifs is 1. The Morgan fingerprint density at radius 2 is 1.50 bits per heavy atom. The zero-order valence-electron chi connectivity index (χ0n) is 16.4. The van der Waals surface area contributed by atoms with Crippen molar-refractivity contribution in [3.63, 3.8) is 0 Å². The summed E-state index contributed by atoms with van der Waals surface area (Å²) in [5.41, 5.74) is 8.47. The number of aryl methyl sites for hydroxylation is 3. The molecule has 7 heteroatoms. The van der Waals surface area contributed by atoms with Crippen LogP contribution in [0.25, 0.3) is 11.0 Å². The van der Waals surface area contributed by atoms with Crippen molar-refractivity contribution < 1.29 is 23.5 Å². The molecule has 2 aromatic carbocycles. The Morgan fingerprint density at radius 3 is 2.14 bits per heavy atom. The second-order valence-corrected chi connectivity index (χ2v) is 6.44. The molecule has 0 bridgehead atoms. The highest BCUT2D eigenvalue weighted by Gasteiger charge is 2.20. The van der Waals surface area contributed by atoms with Gasteiger partial charge in [0, 0.05) is 16.5 Å². The van der Waals surface area contributed by atoms with Crippen LogP contribution in [0.3, 0.4) is 0 Å². The average Bonchev–Trinajstić information content (AvgIpc) is 3.06. The molecule has 146 valence electrons. The Bertz CT molecular complexity index is 1070. The molecular weight excluding hydrogens is 360 g/mol. The predicted molar refractivity (Wildman–Crippen MR) is 105 cm³/mol. The minimum atomic E-state index is -0.527. The summed E-state index contributed by atoms with van der Waals surface area (Å²) < 4.78 is 16.1. The lowest BCUT2D eigenvalue weighted by Crippen LogP contribution is -2.41. The molecular formula is C21H22N2O5. The summed E-state index contributed by atoms with van der Waals surface area (Å²) in [6.07, 6.45) is 0. The van der Waals surface area contributed by atoms with Gasteiger partial charge < -0.3 is 13.9 Å². The van der Waals surface area contributed by atoms with Crippen molar-refractivity contribution in [1.29, 1.82) is 0 Å². The number of hydrogen-bond donors (Lipinski definition) is 2. The predicted octanol–water partition coefficient (Wildman–Crippen LogP) is 3.45. The summed E-state index contributed by atoms with van der Waals surface area (Å²) in [7, 11) is 2.99. The zero-order chi connectivity index (χ0) is 20.4. The fraction of sp³-hybridized carbons (Fsp3) is 0.238. The minimum Gasteiger partial charge on any atom is -0.493 e. The van der Waals surface area contributed by atoms with Crippen molar-refractivity contribution in [3.05, 3.63) is 58.3 Å². The molecule has 0 unspecified atom stereocenters. The van der Waals surface area contributed by atoms with Gasteiger partial charge in [0.1, 0.15) is 5.58 Å². The fourth-order valence-electron chi connectivity index (χ4n) is 3.11. The second-order valence-electron chi connectivity index (χ2n) is 6.44. The van der Waals surface area contributed by atoms with E-state index in [9.17, 15) is 9.59 Å². The van der Waals surface area contributed by atoms with Gasteiger partial charge in [0.2, 0.25) is 0 Å². The highest BCUT2D eigenvalue weighted by Crippen LogP contribution is 2.30. The normalized spacial score (nSPS) is 10.6. The number of hydrogen-bond acceptors (Lipinski definition) is 5. The molecule has 0 fully saturated rings. The molecule has 0 aliphatic rings. The lowest BCUT2D eigenvalue weighted by atomic mass is 10.0. The molecule has 0 saturated heterocycles. The molecule has 2 amide bonds. The van der Waals surface area contributed by atoms with Crippen molar-refractivity contribution >= 4 is 22.8 Å². The molecule has 7 nitrogen and oxygen atoms in total. The van der Waals surface area contributed by atoms with Crippen molar-refractivity contribution in [3.8, 4) is 11.5 Å². The van der Waals surface area contributed by atoms with Gasteiger partial charge in [0.25, 0.3) is 5.91 Å². The highest BCUT2D eigenvalue weighted by atomic mass is 16.5. The summed E-state index contributed by atoms with van der Waals surface area (Å²) in [6, 6.07) is 8.65. The smallest absolute Gasteiger partial charge is 0.305 e. The van der Waals surface area contributed by atoms with E-state index in [2.05, 4.69) is 10.9 Å². The zero-order valence-corrected chi connectivity index (χ0v) is 16.4. The van der Waals surface area contributed by atoms with Gasteiger partial charge in [-0.25, -0.2) is 0 Å². The van der Waals surface area contributed by atoms with Crippen LogP contribution in [-0.4, -0.2) is 26.0 Å². The third kappa shape index (κ3) is 3.38. The van der Waals surface area contributed by atoms with Gasteiger partial charge in [-0.1, -0.05) is 12.1 Å². The van der Waals surface area contributed by atoms with E-state index < -0.39 is 11.8 Å². The molecule has 0 aliphatic heterocycles. The Labute approximate surface area is 162 Å². The summed E-state index contributed by atoms with van der Waals surface area (Å²) in [5, 5.41) is 0.913. The molecule has 28 heavy (non-hydrogen) atoms. The highest BCUT2D eigenvalue weighted by molar-refractivity contribution is 6.02. The molecule has 3 aromatic rings. The number of hydrazine groups is 1. The lowest BCUT2D eigenvalue weighted by molar-refractivity contribution is 0.0831. The standard InChI is InChI=1S/C21H22N2O5/c1-11-6-7-12(2)18-17(11)13(3)19(28-18)21(25)23-22-20(24)14-8-9-15(26-4)16(10-14)27-5/h6-10H,1-5H3,(H,22,24)(H,23,25). The number of ether oxygens (including phenoxy) is 2. The van der Waals surface area contributed by atoms with E-state index in [4.69, 9.17) is 13.9 Å². The number of furan rings is 1. The van der Waals surface area contributed by atoms with Gasteiger partial charge in [-0.05, 0) is 50.1 Å². The van der Waals surface area contributed by atoms with E-state index in [0.717, 1.165) is 22.1 Å². The molecule has 0 aliphatic carbocycles. The quantitative estimate of drug-likeness (QED) is 0.675. The van der Waals surface area contributed by atoms with Crippen LogP contribution in [0.2, 0.25) is 0 Å². The van der Waals surface area contributed by atoms with Crippen LogP contribution in [0.15, 0.2) is 34.7 Å². The van der Waals surface area contributed by atoms with E-state index in [1.165, 1.54) is 20.3 Å². The van der Waals surface area contributed by atoms with Crippen LogP contribution in [0.5, 0.6) is 11.5 Å². The molecule has 0 radical (unpaired) electrons. The molecule has 1 heterocycles. The Morgan fingerprint density at radius 1 is 0.857 bits per heavy atom. The third-order valence-electron chi connectivity index (χ3n) is 4.62. The van der Waals surface area contributed by atoms with E-state index in [1.54, 1.807) is 12.1 Å². The molecule has 0 saturated carbocycles. The monoisotopic (exact) mass is 382 g/mol. The number of rotatable bonds is 4. The number of amides is 2. The summed E-state index contributed by atoms with van der Waals surface area (Å²) in [4.78, 5) is 24.9. The number of carbonyl (C=O) groups excluding carboxylic acids is 2. The third-order valence-corrected chi connectivity index (χ3v) is 4.62. The molecule has 0 spiro atoms. The maximum atomic E-state index is 12.6. The minimum absolute atomic E-state index is 0.167. The Kier molecular flexibility index (Phi) is 5.26. The van der Waals surface area contributed by atoms with Gasteiger partial charge in [0.05, 0.1) is 14.2 Å². The van der Waals surface area contributed by atoms with Crippen LogP contribution in [-0.2, 0) is 0 Å². The topological polar surface area (TPSA) is 89.8 Å². The number of nitrogens with one attached hydrogen (secondary N) is 2. The van der Waals surface area contributed by atoms with Crippen LogP contribution in [0.1, 0.15) is 37.6 Å². The molecule has 2 N–H and O–H groups in total. The summed E-state index contributed by atoms with van der Waals surface area (Å²) >= 11 is 0. The van der Waals surface area contributed by atoms with Crippen molar-refractivity contribution in [2.24, 2.45) is 0 Å². The number of carbonyl (C=O) groups is 2. The summed E-state index contributed by atoms with van der Waals surface area (Å²) in [6.45, 7) is 5.71. The first-order valence-electron chi connectivity index (χ1n) is 8.69. The van der Waals surface area contributed by atoms with E-state index >= 15 is 0 Å². The first kappa shape index (κ1) is 19.3. The molecule has 1 aromatic heterocycles. The number of benzene rings is 2. The van der Waals surface area contributed by atoms with E-state index in [1.807, 2.05) is 32.9 Å². The van der Waals surface area contributed by atoms with Crippen LogP contribution in [0, 0.1) is 20.8 Å². The van der Waals surface area contributed by atoms with Gasteiger partial charge in [-0.3, -0.25) is 20.4 Å². The number of methoxy groups -OCH3 is 2. The van der Waals surface area contributed by atoms with Gasteiger partial charge in [-0.15, -0.1) is 0 Å². The maximum absolute atomic E-state index is 12.6. The summed E-state index contributed by atoms with van der Waals surface area (Å²) in [5.74, 6) is 0.0732. The SMILES string of the molecule is COc1ccc(C(=O)NNC(=O)c2oc3c(C)ccc(C)c3c2C)cc1OC. The second kappa shape index (κ2) is 7.64.